The molecular formula is C51H82N6O6S. The zero-order valence-electron chi connectivity index (χ0n) is 41.3. The van der Waals surface area contributed by atoms with Crippen molar-refractivity contribution in [1.29, 1.82) is 0 Å². The van der Waals surface area contributed by atoms with Gasteiger partial charge in [0.25, 0.3) is 0 Å². The Balaban J connectivity index is 1.69. The number of carbonyl (C=O) groups excluding carboxylic acids is 4. The molecule has 1 aliphatic heterocycles. The van der Waals surface area contributed by atoms with Crippen molar-refractivity contribution in [3.63, 3.8) is 0 Å². The second kappa shape index (κ2) is 27.6. The molecule has 64 heavy (non-hydrogen) atoms. The third-order valence-electron chi connectivity index (χ3n) is 13.6. The average Bonchev–Trinajstić information content (AvgIpc) is 4.00. The number of Topliss-reactive ketones (excluding diaryl/α,β-unsaturated/α-hetero) is 1. The van der Waals surface area contributed by atoms with Crippen LogP contribution in [-0.2, 0) is 35.1 Å². The number of amides is 3. The highest BCUT2D eigenvalue weighted by atomic mass is 32.1. The molecule has 1 aliphatic rings. The standard InChI is InChI=1S/C51H82N6O6S/c1-14-37(8)49(56(11)51(61)40(35(4)5)27-28-43(58)48(36(6)7)54(9)34-39(15-2)52-16-3)45(63-13)33-47(60)57-30-21-24-41(57)44(62-12)25-20-26-46(59)55(10)42(50-53-29-31-64-50)32-38-22-18-17-19-23-38/h16-19,22-23,29,31,35-37,40-42,44-45,48-49H,3,14-15,20-21,24-28,30,32-34H2,1-2,4-13H3/t37-,40-,41-,42-,44+,45+,48-,49-/m0/s1. The molecule has 1 fully saturated rings. The Morgan fingerprint density at radius 1 is 0.969 bits per heavy atom. The summed E-state index contributed by atoms with van der Waals surface area (Å²) >= 11 is 1.56. The molecule has 3 amide bonds. The van der Waals surface area contributed by atoms with Crippen molar-refractivity contribution < 1.29 is 28.7 Å². The number of hydrogen-bond acceptors (Lipinski definition) is 10. The molecule has 1 saturated heterocycles. The first-order valence-corrected chi connectivity index (χ1v) is 24.6. The lowest BCUT2D eigenvalue weighted by Gasteiger charge is -2.40. The van der Waals surface area contributed by atoms with Crippen LogP contribution in [0.2, 0.25) is 0 Å². The molecule has 0 spiro atoms. The normalized spacial score (nSPS) is 17.8. The number of benzene rings is 1. The largest absolute Gasteiger partial charge is 0.379 e. The highest BCUT2D eigenvalue weighted by Crippen LogP contribution is 2.32. The van der Waals surface area contributed by atoms with E-state index >= 15 is 0 Å². The first kappa shape index (κ1) is 54.6. The maximum absolute atomic E-state index is 14.5. The third-order valence-corrected chi connectivity index (χ3v) is 14.4. The summed E-state index contributed by atoms with van der Waals surface area (Å²) in [4.78, 5) is 73.0. The minimum absolute atomic E-state index is 0.00496. The maximum Gasteiger partial charge on any atom is 0.226 e. The van der Waals surface area contributed by atoms with Crippen molar-refractivity contribution in [2.45, 2.75) is 155 Å². The molecule has 0 bridgehead atoms. The van der Waals surface area contributed by atoms with Crippen LogP contribution in [0.3, 0.4) is 0 Å². The molecule has 2 heterocycles. The first-order chi connectivity index (χ1) is 30.5. The zero-order valence-corrected chi connectivity index (χ0v) is 42.1. The number of aliphatic imine (C=N–C) groups is 1. The third kappa shape index (κ3) is 15.4. The van der Waals surface area contributed by atoms with Gasteiger partial charge in [0.2, 0.25) is 17.7 Å². The number of likely N-dealkylation sites (N-methyl/N-ethyl adjacent to an activating group) is 3. The monoisotopic (exact) mass is 907 g/mol. The van der Waals surface area contributed by atoms with Gasteiger partial charge in [0, 0.05) is 83.7 Å². The van der Waals surface area contributed by atoms with Gasteiger partial charge in [0.05, 0.1) is 42.8 Å². The molecule has 2 aromatic rings. The fourth-order valence-corrected chi connectivity index (χ4v) is 10.5. The number of hydrogen-bond donors (Lipinski definition) is 0. The van der Waals surface area contributed by atoms with Gasteiger partial charge in [0.15, 0.2) is 0 Å². The van der Waals surface area contributed by atoms with Crippen LogP contribution in [0.4, 0.5) is 0 Å². The molecule has 0 radical (unpaired) electrons. The van der Waals surface area contributed by atoms with Gasteiger partial charge in [-0.1, -0.05) is 91.8 Å². The summed E-state index contributed by atoms with van der Waals surface area (Å²) < 4.78 is 12.2. The van der Waals surface area contributed by atoms with Crippen LogP contribution < -0.4 is 0 Å². The first-order valence-electron chi connectivity index (χ1n) is 23.7. The molecule has 358 valence electrons. The Kier molecular flexibility index (Phi) is 23.6. The van der Waals surface area contributed by atoms with Crippen LogP contribution in [0.1, 0.15) is 129 Å². The van der Waals surface area contributed by atoms with Crippen LogP contribution in [0.5, 0.6) is 0 Å². The van der Waals surface area contributed by atoms with E-state index in [9.17, 15) is 19.2 Å². The van der Waals surface area contributed by atoms with Crippen LogP contribution in [0, 0.1) is 23.7 Å². The zero-order chi connectivity index (χ0) is 47.5. The second-order valence-electron chi connectivity index (χ2n) is 18.5. The lowest BCUT2D eigenvalue weighted by atomic mass is 9.84. The van der Waals surface area contributed by atoms with Gasteiger partial charge in [-0.3, -0.25) is 29.1 Å². The van der Waals surface area contributed by atoms with Crippen molar-refractivity contribution in [1.82, 2.24) is 24.6 Å². The second-order valence-corrected chi connectivity index (χ2v) is 19.5. The summed E-state index contributed by atoms with van der Waals surface area (Å²) in [6.07, 6.45) is 9.00. The number of ether oxygens (including phenoxy) is 2. The van der Waals surface area contributed by atoms with Crippen LogP contribution >= 0.6 is 11.3 Å². The van der Waals surface area contributed by atoms with Gasteiger partial charge in [-0.05, 0) is 75.3 Å². The van der Waals surface area contributed by atoms with Gasteiger partial charge < -0.3 is 24.2 Å². The predicted octanol–water partition coefficient (Wildman–Crippen LogP) is 8.91. The van der Waals surface area contributed by atoms with Gasteiger partial charge in [0.1, 0.15) is 10.8 Å². The van der Waals surface area contributed by atoms with E-state index in [1.165, 1.54) is 0 Å². The molecular weight excluding hydrogens is 825 g/mol. The average molecular weight is 907 g/mol. The molecule has 1 aromatic carbocycles. The van der Waals surface area contributed by atoms with Crippen LogP contribution in [-0.4, -0.2) is 133 Å². The summed E-state index contributed by atoms with van der Waals surface area (Å²) in [5.41, 5.74) is 2.12. The number of thiazole rings is 1. The molecule has 13 heteroatoms. The Labute approximate surface area is 390 Å². The van der Waals surface area contributed by atoms with Crippen LogP contribution in [0.25, 0.3) is 0 Å². The van der Waals surface area contributed by atoms with Gasteiger partial charge in [-0.15, -0.1) is 11.3 Å². The fraction of sp³-hybridized carbons (Fsp3) is 0.686. The summed E-state index contributed by atoms with van der Waals surface area (Å²) in [5, 5.41) is 2.86. The topological polar surface area (TPSA) is 125 Å². The molecule has 0 N–H and O–H groups in total. The van der Waals surface area contributed by atoms with E-state index in [1.807, 2.05) is 73.3 Å². The van der Waals surface area contributed by atoms with E-state index in [0.717, 1.165) is 42.0 Å². The number of carbonyl (C=O) groups is 4. The molecule has 0 aliphatic carbocycles. The van der Waals surface area contributed by atoms with Crippen molar-refractivity contribution in [3.05, 3.63) is 65.3 Å². The fourth-order valence-electron chi connectivity index (χ4n) is 9.74. The summed E-state index contributed by atoms with van der Waals surface area (Å²) in [6.45, 7) is 19.4. The number of likely N-dealkylation sites (tertiary alicyclic amines) is 1. The van der Waals surface area contributed by atoms with Crippen LogP contribution in [0.15, 0.2) is 59.7 Å². The number of nitrogens with zero attached hydrogens (tertiary/aromatic N) is 6. The summed E-state index contributed by atoms with van der Waals surface area (Å²) in [6, 6.07) is 9.25. The van der Waals surface area contributed by atoms with E-state index < -0.39 is 6.10 Å². The SMILES string of the molecule is C=CN=C(CC)CN(C)[C@H](C(=O)CC[C@H](C(=O)N(C)[C@@H]([C@@H](C)CC)[C@@H](CC(=O)N1CCC[C@H]1[C@@H](CCCC(=O)N(C)[C@@H](Cc1ccccc1)c1nccs1)OC)OC)C(C)C)C(C)C. The molecule has 1 aromatic heterocycles. The van der Waals surface area contributed by atoms with E-state index in [0.29, 0.717) is 51.6 Å². The van der Waals surface area contributed by atoms with Crippen molar-refractivity contribution in [2.75, 3.05) is 48.5 Å². The highest BCUT2D eigenvalue weighted by molar-refractivity contribution is 7.09. The van der Waals surface area contributed by atoms with Gasteiger partial charge in [-0.2, -0.15) is 0 Å². The molecule has 0 saturated carbocycles. The van der Waals surface area contributed by atoms with Crippen molar-refractivity contribution in [3.8, 4) is 0 Å². The van der Waals surface area contributed by atoms with E-state index in [1.54, 1.807) is 38.0 Å². The lowest BCUT2D eigenvalue weighted by Crippen LogP contribution is -2.53. The smallest absolute Gasteiger partial charge is 0.226 e. The Morgan fingerprint density at radius 3 is 2.23 bits per heavy atom. The minimum Gasteiger partial charge on any atom is -0.379 e. The van der Waals surface area contributed by atoms with Crippen molar-refractivity contribution in [2.24, 2.45) is 28.7 Å². The summed E-state index contributed by atoms with van der Waals surface area (Å²) in [5.74, 6) is -0.104. The van der Waals surface area contributed by atoms with Gasteiger partial charge in [-0.25, -0.2) is 4.98 Å². The summed E-state index contributed by atoms with van der Waals surface area (Å²) in [7, 11) is 8.99. The molecule has 8 atom stereocenters. The predicted molar refractivity (Wildman–Crippen MR) is 260 cm³/mol. The maximum atomic E-state index is 14.5. The quantitative estimate of drug-likeness (QED) is 0.0742. The number of methoxy groups -OCH3 is 2. The van der Waals surface area contributed by atoms with E-state index in [4.69, 9.17) is 9.47 Å². The van der Waals surface area contributed by atoms with E-state index in [2.05, 4.69) is 68.2 Å². The van der Waals surface area contributed by atoms with Crippen molar-refractivity contribution >= 4 is 40.6 Å². The Bertz CT molecular complexity index is 1750. The molecule has 0 unspecified atom stereocenters. The molecule has 3 rings (SSSR count). The van der Waals surface area contributed by atoms with Gasteiger partial charge >= 0.3 is 0 Å². The Morgan fingerprint density at radius 2 is 1.67 bits per heavy atom. The highest BCUT2D eigenvalue weighted by Gasteiger charge is 2.41. The van der Waals surface area contributed by atoms with E-state index in [-0.39, 0.29) is 83.9 Å². The minimum atomic E-state index is -0.535. The molecule has 12 nitrogen and oxygen atoms in total. The lowest BCUT2D eigenvalue weighted by molar-refractivity contribution is -0.147. The number of ketones is 1. The Hall–Kier alpha value is -3.78. The number of rotatable bonds is 29. The number of aromatic nitrogens is 1.